The van der Waals surface area contributed by atoms with Gasteiger partial charge in [-0.25, -0.2) is 9.97 Å². The van der Waals surface area contributed by atoms with Gasteiger partial charge in [-0.05, 0) is 101 Å². The molecule has 1 aromatic rings. The molecule has 0 radical (unpaired) electrons. The van der Waals surface area contributed by atoms with Crippen LogP contribution in [-0.2, 0) is 4.79 Å². The first-order valence-corrected chi connectivity index (χ1v) is 11.8. The maximum absolute atomic E-state index is 13.1. The molecule has 4 aliphatic carbocycles. The largest absolute Gasteiger partial charge is 0.353 e. The Morgan fingerprint density at radius 1 is 1.03 bits per heavy atom. The second kappa shape index (κ2) is 7.24. The Balaban J connectivity index is 1.18. The van der Waals surface area contributed by atoms with Gasteiger partial charge in [-0.3, -0.25) is 4.79 Å². The fourth-order valence-electron chi connectivity index (χ4n) is 7.38. The third-order valence-corrected chi connectivity index (χ3v) is 8.48. The molecule has 1 atom stereocenters. The minimum Gasteiger partial charge on any atom is -0.353 e. The summed E-state index contributed by atoms with van der Waals surface area (Å²) in [5, 5.41) is 3.49. The average Bonchev–Trinajstić information content (AvgIpc) is 2.66. The van der Waals surface area contributed by atoms with Crippen molar-refractivity contribution < 1.29 is 4.79 Å². The van der Waals surface area contributed by atoms with Gasteiger partial charge in [-0.2, -0.15) is 0 Å². The number of nitrogens with one attached hydrogen (secondary N) is 1. The van der Waals surface area contributed by atoms with Crippen LogP contribution in [0.25, 0.3) is 0 Å². The first-order chi connectivity index (χ1) is 13.9. The molecular formula is C24H36N4O. The zero-order chi connectivity index (χ0) is 20.2. The van der Waals surface area contributed by atoms with Crippen LogP contribution in [-0.4, -0.2) is 35.0 Å². The van der Waals surface area contributed by atoms with E-state index in [1.807, 2.05) is 19.9 Å². The third kappa shape index (κ3) is 3.66. The van der Waals surface area contributed by atoms with E-state index in [1.165, 1.54) is 38.5 Å². The van der Waals surface area contributed by atoms with Crippen molar-refractivity contribution in [3.8, 4) is 0 Å². The molecule has 158 valence electrons. The first kappa shape index (κ1) is 19.3. The maximum Gasteiger partial charge on any atom is 0.225 e. The van der Waals surface area contributed by atoms with Crippen LogP contribution in [0, 0.1) is 42.9 Å². The highest BCUT2D eigenvalue weighted by Gasteiger charge is 2.53. The Hall–Kier alpha value is -1.65. The molecular weight excluding hydrogens is 360 g/mol. The second-order valence-electron chi connectivity index (χ2n) is 10.7. The molecule has 1 saturated heterocycles. The molecule has 5 nitrogen and oxygen atoms in total. The lowest BCUT2D eigenvalue weighted by Crippen LogP contribution is -2.56. The quantitative estimate of drug-likeness (QED) is 0.835. The summed E-state index contributed by atoms with van der Waals surface area (Å²) in [5.41, 5.74) is 2.41. The Labute approximate surface area is 175 Å². The molecule has 4 saturated carbocycles. The van der Waals surface area contributed by atoms with Gasteiger partial charge < -0.3 is 10.2 Å². The van der Waals surface area contributed by atoms with Crippen LogP contribution in [0.15, 0.2) is 6.07 Å². The van der Waals surface area contributed by atoms with E-state index in [9.17, 15) is 4.79 Å². The highest BCUT2D eigenvalue weighted by atomic mass is 16.2. The van der Waals surface area contributed by atoms with Gasteiger partial charge in [0, 0.05) is 36.4 Å². The molecule has 6 rings (SSSR count). The van der Waals surface area contributed by atoms with Crippen LogP contribution in [0.2, 0.25) is 0 Å². The van der Waals surface area contributed by atoms with E-state index in [0.717, 1.165) is 61.0 Å². The molecule has 5 fully saturated rings. The van der Waals surface area contributed by atoms with E-state index in [-0.39, 0.29) is 11.8 Å². The minimum absolute atomic E-state index is 0.133. The number of carbonyl (C=O) groups excluding carboxylic acids is 1. The van der Waals surface area contributed by atoms with E-state index >= 15 is 0 Å². The molecule has 0 unspecified atom stereocenters. The Morgan fingerprint density at radius 2 is 1.55 bits per heavy atom. The van der Waals surface area contributed by atoms with Crippen molar-refractivity contribution in [3.05, 3.63) is 17.5 Å². The molecule has 4 bridgehead atoms. The monoisotopic (exact) mass is 396 g/mol. The average molecular weight is 397 g/mol. The molecule has 2 heterocycles. The Kier molecular flexibility index (Phi) is 4.83. The molecule has 29 heavy (non-hydrogen) atoms. The van der Waals surface area contributed by atoms with Crippen molar-refractivity contribution >= 4 is 11.9 Å². The van der Waals surface area contributed by atoms with Gasteiger partial charge in [0.2, 0.25) is 11.9 Å². The molecule has 1 N–H and O–H groups in total. The smallest absolute Gasteiger partial charge is 0.225 e. The highest BCUT2D eigenvalue weighted by molar-refractivity contribution is 5.79. The Morgan fingerprint density at radius 3 is 2.07 bits per heavy atom. The van der Waals surface area contributed by atoms with Gasteiger partial charge in [0.25, 0.3) is 0 Å². The van der Waals surface area contributed by atoms with Crippen LogP contribution in [0.4, 0.5) is 5.95 Å². The molecule has 1 aromatic heterocycles. The summed E-state index contributed by atoms with van der Waals surface area (Å²) in [6, 6.07) is 2.33. The van der Waals surface area contributed by atoms with Crippen molar-refractivity contribution in [3.63, 3.8) is 0 Å². The van der Waals surface area contributed by atoms with E-state index in [2.05, 4.69) is 27.1 Å². The van der Waals surface area contributed by atoms with Crippen LogP contribution in [0.3, 0.4) is 0 Å². The summed E-state index contributed by atoms with van der Waals surface area (Å²) >= 11 is 0. The van der Waals surface area contributed by atoms with Gasteiger partial charge in [-0.15, -0.1) is 0 Å². The number of amides is 1. The number of nitrogens with zero attached hydrogens (tertiary/aromatic N) is 3. The lowest BCUT2D eigenvalue weighted by atomic mass is 9.48. The van der Waals surface area contributed by atoms with Crippen molar-refractivity contribution in [2.24, 2.45) is 29.1 Å². The topological polar surface area (TPSA) is 58.1 Å². The molecule has 1 aliphatic heterocycles. The van der Waals surface area contributed by atoms with E-state index in [1.54, 1.807) is 0 Å². The number of aryl methyl sites for hydroxylation is 2. The zero-order valence-electron chi connectivity index (χ0n) is 18.3. The number of aromatic nitrogens is 2. The Bertz CT molecular complexity index is 728. The lowest BCUT2D eigenvalue weighted by molar-refractivity contribution is -0.130. The van der Waals surface area contributed by atoms with Crippen LogP contribution in [0.5, 0.6) is 0 Å². The summed E-state index contributed by atoms with van der Waals surface area (Å²) in [5.74, 6) is 4.04. The molecule has 5 aliphatic rings. The number of rotatable bonds is 4. The van der Waals surface area contributed by atoms with Crippen molar-refractivity contribution in [1.82, 2.24) is 15.3 Å². The SMILES string of the molecule is Cc1cc(C)nc(N2CCC(C(=O)N[C@@H](C)C34CC5CC(CC(C5)C3)C4)CC2)n1. The number of anilines is 1. The molecule has 1 amide bonds. The third-order valence-electron chi connectivity index (χ3n) is 8.48. The first-order valence-electron chi connectivity index (χ1n) is 11.8. The predicted octanol–water partition coefficient (Wildman–Crippen LogP) is 4.03. The van der Waals surface area contributed by atoms with E-state index in [0.29, 0.717) is 11.5 Å². The number of carbonyl (C=O) groups is 1. The van der Waals surface area contributed by atoms with Crippen LogP contribution in [0.1, 0.15) is 69.7 Å². The van der Waals surface area contributed by atoms with E-state index < -0.39 is 0 Å². The second-order valence-corrected chi connectivity index (χ2v) is 10.7. The number of hydrogen-bond acceptors (Lipinski definition) is 4. The fourth-order valence-corrected chi connectivity index (χ4v) is 7.38. The van der Waals surface area contributed by atoms with Gasteiger partial charge in [-0.1, -0.05) is 0 Å². The van der Waals surface area contributed by atoms with Crippen molar-refractivity contribution in [1.29, 1.82) is 0 Å². The zero-order valence-corrected chi connectivity index (χ0v) is 18.3. The maximum atomic E-state index is 13.1. The van der Waals surface area contributed by atoms with E-state index in [4.69, 9.17) is 0 Å². The molecule has 0 aromatic carbocycles. The van der Waals surface area contributed by atoms with Gasteiger partial charge in [0.05, 0.1) is 0 Å². The predicted molar refractivity (Wildman–Crippen MR) is 115 cm³/mol. The fraction of sp³-hybridized carbons (Fsp3) is 0.792. The summed E-state index contributed by atoms with van der Waals surface area (Å²) in [7, 11) is 0. The van der Waals surface area contributed by atoms with Crippen LogP contribution < -0.4 is 10.2 Å². The number of hydrogen-bond donors (Lipinski definition) is 1. The summed E-state index contributed by atoms with van der Waals surface area (Å²) in [6.07, 6.45) is 10.2. The normalized spacial score (nSPS) is 35.0. The summed E-state index contributed by atoms with van der Waals surface area (Å²) in [6.45, 7) is 8.07. The molecule has 5 heteroatoms. The number of piperidine rings is 1. The van der Waals surface area contributed by atoms with Crippen LogP contribution >= 0.6 is 0 Å². The lowest BCUT2D eigenvalue weighted by Gasteiger charge is -2.59. The summed E-state index contributed by atoms with van der Waals surface area (Å²) in [4.78, 5) is 24.5. The minimum atomic E-state index is 0.133. The molecule has 0 spiro atoms. The standard InChI is InChI=1S/C24H36N4O/c1-15-8-16(2)26-23(25-15)28-6-4-21(5-7-28)22(29)27-17(3)24-12-18-9-19(13-24)11-20(10-18)14-24/h8,17-21H,4-7,9-14H2,1-3H3,(H,27,29)/t17-,18?,19?,20?,24?/m0/s1. The van der Waals surface area contributed by atoms with Crippen molar-refractivity contribution in [2.75, 3.05) is 18.0 Å². The van der Waals surface area contributed by atoms with Gasteiger partial charge in [0.1, 0.15) is 0 Å². The van der Waals surface area contributed by atoms with Crippen molar-refractivity contribution in [2.45, 2.75) is 78.2 Å². The van der Waals surface area contributed by atoms with Gasteiger partial charge in [0.15, 0.2) is 0 Å². The van der Waals surface area contributed by atoms with Gasteiger partial charge >= 0.3 is 0 Å². The highest BCUT2D eigenvalue weighted by Crippen LogP contribution is 2.61. The summed E-state index contributed by atoms with van der Waals surface area (Å²) < 4.78 is 0.